The van der Waals surface area contributed by atoms with Gasteiger partial charge in [0.1, 0.15) is 6.42 Å². The van der Waals surface area contributed by atoms with Crippen LogP contribution < -0.4 is 5.32 Å². The van der Waals surface area contributed by atoms with E-state index in [0.717, 1.165) is 3.57 Å². The van der Waals surface area contributed by atoms with Crippen LogP contribution in [0.2, 0.25) is 0 Å². The molecule has 1 aromatic carbocycles. The van der Waals surface area contributed by atoms with Gasteiger partial charge in [-0.25, -0.2) is 4.79 Å². The van der Waals surface area contributed by atoms with Gasteiger partial charge in [0.05, 0.1) is 20.9 Å². The molecule has 0 saturated heterocycles. The van der Waals surface area contributed by atoms with Crippen molar-refractivity contribution in [2.75, 3.05) is 5.32 Å². The molecule has 18 heavy (non-hydrogen) atoms. The molecule has 1 amide bonds. The van der Waals surface area contributed by atoms with Gasteiger partial charge in [0, 0.05) is 7.14 Å². The predicted molar refractivity (Wildman–Crippen MR) is 90.4 cm³/mol. The fourth-order valence-corrected chi connectivity index (χ4v) is 5.26. The number of halogens is 3. The number of anilines is 1. The summed E-state index contributed by atoms with van der Waals surface area (Å²) in [6.45, 7) is 0. The zero-order valence-corrected chi connectivity index (χ0v) is 15.1. The number of nitriles is 1. The quantitative estimate of drug-likeness (QED) is 0.537. The minimum absolute atomic E-state index is 0.156. The largest absolute Gasteiger partial charge is 0.478 e. The first-order chi connectivity index (χ1) is 8.38. The molecule has 1 aromatic rings. The number of hydrogen-bond acceptors (Lipinski definition) is 3. The second-order valence-electron chi connectivity index (χ2n) is 3.09. The predicted octanol–water partition coefficient (Wildman–Crippen LogP) is 3.05. The Morgan fingerprint density at radius 1 is 1.33 bits per heavy atom. The SMILES string of the molecule is N#CCC(=O)Nc1c(I)cc(I)c(C(=O)O)c1I. The lowest BCUT2D eigenvalue weighted by Crippen LogP contribution is -2.15. The Morgan fingerprint density at radius 3 is 2.44 bits per heavy atom. The van der Waals surface area contributed by atoms with Crippen molar-refractivity contribution in [1.29, 1.82) is 5.26 Å². The summed E-state index contributed by atoms with van der Waals surface area (Å²) in [5.74, 6) is -1.50. The summed E-state index contributed by atoms with van der Waals surface area (Å²) < 4.78 is 1.80. The van der Waals surface area contributed by atoms with E-state index in [0.29, 0.717) is 12.8 Å². The Balaban J connectivity index is 3.29. The zero-order chi connectivity index (χ0) is 13.9. The minimum atomic E-state index is -1.05. The summed E-state index contributed by atoms with van der Waals surface area (Å²) in [7, 11) is 0. The van der Waals surface area contributed by atoms with Crippen LogP contribution in [0.15, 0.2) is 6.07 Å². The van der Waals surface area contributed by atoms with Crippen LogP contribution >= 0.6 is 67.8 Å². The standard InChI is InChI=1S/C10H5I3N2O3/c11-4-3-5(12)9(15-6(16)1-2-14)8(13)7(4)10(17)18/h3H,1H2,(H,15,16)(H,17,18). The highest BCUT2D eigenvalue weighted by atomic mass is 127. The molecular weight excluding hydrogens is 577 g/mol. The summed E-state index contributed by atoms with van der Waals surface area (Å²) in [6, 6.07) is 3.42. The Morgan fingerprint density at radius 2 is 1.94 bits per heavy atom. The van der Waals surface area contributed by atoms with Crippen LogP contribution in [0.5, 0.6) is 0 Å². The normalized spacial score (nSPS) is 9.67. The molecule has 0 spiro atoms. The number of benzene rings is 1. The molecule has 8 heteroatoms. The topological polar surface area (TPSA) is 90.2 Å². The number of nitrogens with zero attached hydrogens (tertiary/aromatic N) is 1. The van der Waals surface area contributed by atoms with E-state index in [1.165, 1.54) is 0 Å². The van der Waals surface area contributed by atoms with Crippen LogP contribution in [0.3, 0.4) is 0 Å². The van der Waals surface area contributed by atoms with Crippen molar-refractivity contribution in [2.45, 2.75) is 6.42 Å². The van der Waals surface area contributed by atoms with E-state index in [4.69, 9.17) is 10.4 Å². The van der Waals surface area contributed by atoms with Crippen LogP contribution in [0.4, 0.5) is 5.69 Å². The second-order valence-corrected chi connectivity index (χ2v) is 6.50. The first-order valence-electron chi connectivity index (χ1n) is 4.46. The number of hydrogen-bond donors (Lipinski definition) is 2. The van der Waals surface area contributed by atoms with Gasteiger partial charge in [0.25, 0.3) is 0 Å². The van der Waals surface area contributed by atoms with Crippen LogP contribution in [0.1, 0.15) is 16.8 Å². The molecule has 0 aromatic heterocycles. The van der Waals surface area contributed by atoms with Crippen molar-refractivity contribution >= 4 is 85.3 Å². The van der Waals surface area contributed by atoms with Gasteiger partial charge < -0.3 is 10.4 Å². The van der Waals surface area contributed by atoms with Gasteiger partial charge in [-0.2, -0.15) is 5.26 Å². The third kappa shape index (κ3) is 3.67. The number of amides is 1. The summed E-state index contributed by atoms with van der Waals surface area (Å²) >= 11 is 5.83. The summed E-state index contributed by atoms with van der Waals surface area (Å²) in [6.07, 6.45) is -0.263. The summed E-state index contributed by atoms with van der Waals surface area (Å²) in [5.41, 5.74) is 0.595. The third-order valence-corrected chi connectivity index (χ3v) is 4.67. The smallest absolute Gasteiger partial charge is 0.337 e. The van der Waals surface area contributed by atoms with Gasteiger partial charge in [0.15, 0.2) is 0 Å². The minimum Gasteiger partial charge on any atom is -0.478 e. The number of rotatable bonds is 3. The molecule has 1 rings (SSSR count). The van der Waals surface area contributed by atoms with Gasteiger partial charge >= 0.3 is 5.97 Å². The van der Waals surface area contributed by atoms with E-state index in [2.05, 4.69) is 5.32 Å². The number of carbonyl (C=O) groups excluding carboxylic acids is 1. The number of nitrogens with one attached hydrogen (secondary N) is 1. The third-order valence-electron chi connectivity index (χ3n) is 1.89. The summed E-state index contributed by atoms with van der Waals surface area (Å²) in [4.78, 5) is 22.5. The molecule has 0 bridgehead atoms. The van der Waals surface area contributed by atoms with Crippen LogP contribution in [-0.2, 0) is 4.79 Å². The Kier molecular flexibility index (Phi) is 6.05. The maximum absolute atomic E-state index is 11.4. The van der Waals surface area contributed by atoms with Crippen molar-refractivity contribution < 1.29 is 14.7 Å². The first kappa shape index (κ1) is 15.9. The molecule has 0 saturated carbocycles. The van der Waals surface area contributed by atoms with E-state index in [1.54, 1.807) is 12.1 Å². The molecule has 5 nitrogen and oxygen atoms in total. The highest BCUT2D eigenvalue weighted by Gasteiger charge is 2.20. The van der Waals surface area contributed by atoms with Gasteiger partial charge in [-0.1, -0.05) is 0 Å². The average Bonchev–Trinajstić information content (AvgIpc) is 2.23. The molecule has 0 radical (unpaired) electrons. The monoisotopic (exact) mass is 582 g/mol. The van der Waals surface area contributed by atoms with Crippen LogP contribution in [0.25, 0.3) is 0 Å². The number of carboxylic acids is 1. The van der Waals surface area contributed by atoms with Crippen molar-refractivity contribution in [1.82, 2.24) is 0 Å². The fourth-order valence-electron chi connectivity index (χ4n) is 1.16. The lowest BCUT2D eigenvalue weighted by atomic mass is 10.2. The lowest BCUT2D eigenvalue weighted by Gasteiger charge is -2.12. The van der Waals surface area contributed by atoms with Crippen LogP contribution in [0, 0.1) is 22.0 Å². The molecule has 0 atom stereocenters. The molecule has 0 aliphatic carbocycles. The average molecular weight is 582 g/mol. The summed E-state index contributed by atoms with van der Waals surface area (Å²) in [5, 5.41) is 20.1. The maximum Gasteiger partial charge on any atom is 0.337 e. The lowest BCUT2D eigenvalue weighted by molar-refractivity contribution is -0.115. The highest BCUT2D eigenvalue weighted by molar-refractivity contribution is 14.1. The van der Waals surface area contributed by atoms with Gasteiger partial charge in [-0.3, -0.25) is 4.79 Å². The van der Waals surface area contributed by atoms with E-state index in [1.807, 2.05) is 67.8 Å². The first-order valence-corrected chi connectivity index (χ1v) is 7.69. The molecule has 0 unspecified atom stereocenters. The van der Waals surface area contributed by atoms with E-state index in [9.17, 15) is 9.59 Å². The molecule has 94 valence electrons. The molecule has 0 aliphatic heterocycles. The van der Waals surface area contributed by atoms with E-state index < -0.39 is 11.9 Å². The molecule has 0 heterocycles. The highest BCUT2D eigenvalue weighted by Crippen LogP contribution is 2.31. The van der Waals surface area contributed by atoms with Gasteiger partial charge in [0.2, 0.25) is 5.91 Å². The maximum atomic E-state index is 11.4. The Labute approximate surface area is 144 Å². The molecule has 2 N–H and O–H groups in total. The number of carboxylic acid groups (broad SMARTS) is 1. The molecule has 0 aliphatic rings. The van der Waals surface area contributed by atoms with Crippen LogP contribution in [-0.4, -0.2) is 17.0 Å². The second kappa shape index (κ2) is 6.85. The number of carbonyl (C=O) groups is 2. The Bertz CT molecular complexity index is 566. The van der Waals surface area contributed by atoms with Gasteiger partial charge in [-0.15, -0.1) is 0 Å². The van der Waals surface area contributed by atoms with Crippen molar-refractivity contribution in [3.05, 3.63) is 22.3 Å². The molecule has 0 fully saturated rings. The van der Waals surface area contributed by atoms with E-state index >= 15 is 0 Å². The zero-order valence-electron chi connectivity index (χ0n) is 8.63. The van der Waals surface area contributed by atoms with E-state index in [-0.39, 0.29) is 12.0 Å². The van der Waals surface area contributed by atoms with Crippen molar-refractivity contribution in [3.8, 4) is 6.07 Å². The fraction of sp³-hybridized carbons (Fsp3) is 0.100. The van der Waals surface area contributed by atoms with Crippen molar-refractivity contribution in [2.24, 2.45) is 0 Å². The Hall–Kier alpha value is -0.160. The van der Waals surface area contributed by atoms with Crippen molar-refractivity contribution in [3.63, 3.8) is 0 Å². The number of aromatic carboxylic acids is 1. The molecular formula is C10H5I3N2O3. The van der Waals surface area contributed by atoms with Gasteiger partial charge in [-0.05, 0) is 73.8 Å².